The van der Waals surface area contributed by atoms with Crippen LogP contribution in [0.15, 0.2) is 24.3 Å². The van der Waals surface area contributed by atoms with E-state index < -0.39 is 12.1 Å². The van der Waals surface area contributed by atoms with Gasteiger partial charge in [-0.05, 0) is 37.5 Å². The molecule has 2 rings (SSSR count). The summed E-state index contributed by atoms with van der Waals surface area (Å²) < 4.78 is 12.9. The van der Waals surface area contributed by atoms with Crippen LogP contribution in [-0.4, -0.2) is 36.0 Å². The van der Waals surface area contributed by atoms with Crippen LogP contribution in [-0.2, 0) is 11.3 Å². The van der Waals surface area contributed by atoms with Crippen molar-refractivity contribution < 1.29 is 14.0 Å². The van der Waals surface area contributed by atoms with Gasteiger partial charge < -0.3 is 5.32 Å². The summed E-state index contributed by atoms with van der Waals surface area (Å²) in [7, 11) is 1.46. The first-order chi connectivity index (χ1) is 10.0. The van der Waals surface area contributed by atoms with E-state index in [4.69, 9.17) is 0 Å². The maximum absolute atomic E-state index is 12.9. The first kappa shape index (κ1) is 15.4. The number of urea groups is 1. The van der Waals surface area contributed by atoms with E-state index in [1.807, 2.05) is 4.90 Å². The average Bonchev–Trinajstić information content (AvgIpc) is 3.30. The van der Waals surface area contributed by atoms with Gasteiger partial charge in [0.2, 0.25) is 5.91 Å². The predicted molar refractivity (Wildman–Crippen MR) is 77.0 cm³/mol. The maximum atomic E-state index is 12.9. The second-order valence-corrected chi connectivity index (χ2v) is 5.27. The Kier molecular flexibility index (Phi) is 4.90. The minimum atomic E-state index is -0.510. The van der Waals surface area contributed by atoms with Crippen molar-refractivity contribution in [2.24, 2.45) is 0 Å². The molecule has 0 bridgehead atoms. The molecular weight excluding hydrogens is 273 g/mol. The van der Waals surface area contributed by atoms with Crippen molar-refractivity contribution in [1.82, 2.24) is 15.5 Å². The van der Waals surface area contributed by atoms with Crippen LogP contribution in [0.5, 0.6) is 0 Å². The van der Waals surface area contributed by atoms with Gasteiger partial charge in [-0.15, -0.1) is 0 Å². The lowest BCUT2D eigenvalue weighted by Crippen LogP contribution is -2.49. The molecule has 1 aliphatic rings. The number of halogens is 1. The normalized spacial score (nSPS) is 15.6. The molecule has 1 saturated carbocycles. The molecule has 0 aromatic heterocycles. The molecule has 1 atom stereocenters. The lowest BCUT2D eigenvalue weighted by atomic mass is 10.1. The largest absolute Gasteiger partial charge is 0.341 e. The molecule has 1 aliphatic carbocycles. The summed E-state index contributed by atoms with van der Waals surface area (Å²) in [5.74, 6) is -0.606. The van der Waals surface area contributed by atoms with Crippen molar-refractivity contribution in [2.75, 3.05) is 7.05 Å². The maximum Gasteiger partial charge on any atom is 0.321 e. The number of amides is 3. The topological polar surface area (TPSA) is 61.4 Å². The van der Waals surface area contributed by atoms with Crippen molar-refractivity contribution in [1.29, 1.82) is 0 Å². The molecule has 21 heavy (non-hydrogen) atoms. The number of hydrogen-bond donors (Lipinski definition) is 2. The summed E-state index contributed by atoms with van der Waals surface area (Å²) >= 11 is 0. The molecule has 6 heteroatoms. The molecule has 2 N–H and O–H groups in total. The molecule has 0 saturated heterocycles. The zero-order valence-electron chi connectivity index (χ0n) is 12.2. The van der Waals surface area contributed by atoms with Crippen LogP contribution in [0.2, 0.25) is 0 Å². The fourth-order valence-electron chi connectivity index (χ4n) is 2.22. The van der Waals surface area contributed by atoms with E-state index >= 15 is 0 Å². The van der Waals surface area contributed by atoms with Gasteiger partial charge in [-0.25, -0.2) is 9.18 Å². The summed E-state index contributed by atoms with van der Waals surface area (Å²) in [6, 6.07) is 5.68. The summed E-state index contributed by atoms with van der Waals surface area (Å²) in [5, 5.41) is 4.66. The molecule has 5 nitrogen and oxygen atoms in total. The third-order valence-corrected chi connectivity index (χ3v) is 3.64. The molecule has 114 valence electrons. The highest BCUT2D eigenvalue weighted by molar-refractivity contribution is 5.96. The summed E-state index contributed by atoms with van der Waals surface area (Å²) in [6.07, 6.45) is 2.08. The van der Waals surface area contributed by atoms with E-state index in [1.165, 1.54) is 19.2 Å². The molecule has 0 spiro atoms. The van der Waals surface area contributed by atoms with Gasteiger partial charge in [0.25, 0.3) is 0 Å². The van der Waals surface area contributed by atoms with Crippen LogP contribution in [0.1, 0.15) is 25.3 Å². The second-order valence-electron chi connectivity index (χ2n) is 5.27. The number of rotatable bonds is 5. The van der Waals surface area contributed by atoms with Crippen LogP contribution < -0.4 is 10.6 Å². The first-order valence-corrected chi connectivity index (χ1v) is 7.04. The van der Waals surface area contributed by atoms with Crippen molar-refractivity contribution in [3.8, 4) is 0 Å². The highest BCUT2D eigenvalue weighted by Crippen LogP contribution is 2.30. The number of imide groups is 1. The zero-order valence-corrected chi connectivity index (χ0v) is 12.2. The van der Waals surface area contributed by atoms with Gasteiger partial charge in [0.05, 0.1) is 6.04 Å². The number of nitrogens with one attached hydrogen (secondary N) is 2. The van der Waals surface area contributed by atoms with Crippen molar-refractivity contribution in [2.45, 2.75) is 38.4 Å². The van der Waals surface area contributed by atoms with Crippen molar-refractivity contribution in [3.63, 3.8) is 0 Å². The van der Waals surface area contributed by atoms with E-state index in [0.717, 1.165) is 18.4 Å². The van der Waals surface area contributed by atoms with E-state index in [1.54, 1.807) is 19.1 Å². The monoisotopic (exact) mass is 293 g/mol. The molecule has 0 unspecified atom stereocenters. The SMILES string of the molecule is CNC(=O)NC(=O)[C@H](C)N(Cc1ccc(F)cc1)C1CC1. The minimum Gasteiger partial charge on any atom is -0.341 e. The Morgan fingerprint density at radius 2 is 1.95 bits per heavy atom. The number of benzene rings is 1. The predicted octanol–water partition coefficient (Wildman–Crippen LogP) is 1.63. The molecule has 1 aromatic rings. The fraction of sp³-hybridized carbons (Fsp3) is 0.467. The zero-order chi connectivity index (χ0) is 15.4. The van der Waals surface area contributed by atoms with Crippen LogP contribution >= 0.6 is 0 Å². The Balaban J connectivity index is 2.02. The van der Waals surface area contributed by atoms with E-state index in [-0.39, 0.29) is 11.7 Å². The Hall–Kier alpha value is -1.95. The van der Waals surface area contributed by atoms with E-state index in [0.29, 0.717) is 12.6 Å². The molecule has 3 amide bonds. The Bertz CT molecular complexity index is 514. The fourth-order valence-corrected chi connectivity index (χ4v) is 2.22. The van der Waals surface area contributed by atoms with Crippen LogP contribution in [0.25, 0.3) is 0 Å². The lowest BCUT2D eigenvalue weighted by Gasteiger charge is -2.28. The third kappa shape index (κ3) is 4.26. The van der Waals surface area contributed by atoms with E-state index in [2.05, 4.69) is 10.6 Å². The number of carbonyl (C=O) groups is 2. The van der Waals surface area contributed by atoms with Crippen LogP contribution in [0, 0.1) is 5.82 Å². The highest BCUT2D eigenvalue weighted by atomic mass is 19.1. The van der Waals surface area contributed by atoms with Gasteiger partial charge >= 0.3 is 6.03 Å². The van der Waals surface area contributed by atoms with Gasteiger partial charge in [0, 0.05) is 19.6 Å². The first-order valence-electron chi connectivity index (χ1n) is 7.04. The standard InChI is InChI=1S/C15H20FN3O2/c1-10(14(20)18-15(21)17-2)19(13-7-8-13)9-11-3-5-12(16)6-4-11/h3-6,10,13H,7-9H2,1-2H3,(H2,17,18,20,21)/t10-/m0/s1. The quantitative estimate of drug-likeness (QED) is 0.867. The Morgan fingerprint density at radius 1 is 1.33 bits per heavy atom. The molecular formula is C15H20FN3O2. The Morgan fingerprint density at radius 3 is 2.48 bits per heavy atom. The van der Waals surface area contributed by atoms with Gasteiger partial charge in [-0.1, -0.05) is 12.1 Å². The van der Waals surface area contributed by atoms with Gasteiger partial charge in [0.15, 0.2) is 0 Å². The second kappa shape index (κ2) is 6.67. The molecule has 0 heterocycles. The van der Waals surface area contributed by atoms with Crippen molar-refractivity contribution in [3.05, 3.63) is 35.6 Å². The van der Waals surface area contributed by atoms with Gasteiger partial charge in [0.1, 0.15) is 5.82 Å². The number of carbonyl (C=O) groups excluding carboxylic acids is 2. The van der Waals surface area contributed by atoms with Crippen molar-refractivity contribution >= 4 is 11.9 Å². The average molecular weight is 293 g/mol. The molecule has 1 fully saturated rings. The summed E-state index contributed by atoms with van der Waals surface area (Å²) in [6.45, 7) is 2.34. The summed E-state index contributed by atoms with van der Waals surface area (Å²) in [4.78, 5) is 25.3. The number of hydrogen-bond acceptors (Lipinski definition) is 3. The molecule has 0 aliphatic heterocycles. The highest BCUT2D eigenvalue weighted by Gasteiger charge is 2.35. The number of nitrogens with zero attached hydrogens (tertiary/aromatic N) is 1. The van der Waals surface area contributed by atoms with E-state index in [9.17, 15) is 14.0 Å². The smallest absolute Gasteiger partial charge is 0.321 e. The van der Waals surface area contributed by atoms with Gasteiger partial charge in [-0.3, -0.25) is 15.0 Å². The van der Waals surface area contributed by atoms with Crippen LogP contribution in [0.3, 0.4) is 0 Å². The molecule has 1 aromatic carbocycles. The van der Waals surface area contributed by atoms with Gasteiger partial charge in [-0.2, -0.15) is 0 Å². The lowest BCUT2D eigenvalue weighted by molar-refractivity contribution is -0.125. The molecule has 0 radical (unpaired) electrons. The van der Waals surface area contributed by atoms with Crippen LogP contribution in [0.4, 0.5) is 9.18 Å². The third-order valence-electron chi connectivity index (χ3n) is 3.64. The minimum absolute atomic E-state index is 0.276. The summed E-state index contributed by atoms with van der Waals surface area (Å²) in [5.41, 5.74) is 0.947. The Labute approximate surface area is 123 Å².